The molecule has 1 rings (SSSR count). The van der Waals surface area contributed by atoms with Crippen LogP contribution >= 0.6 is 31.9 Å². The van der Waals surface area contributed by atoms with Crippen molar-refractivity contribution in [1.29, 1.82) is 0 Å². The smallest absolute Gasteiger partial charge is 0.211 e. The highest BCUT2D eigenvalue weighted by Gasteiger charge is 2.24. The first-order valence-corrected chi connectivity index (χ1v) is 9.05. The van der Waals surface area contributed by atoms with Crippen molar-refractivity contribution in [2.24, 2.45) is 11.3 Å². The Labute approximate surface area is 132 Å². The molecular weight excluding hydrogens is 394 g/mol. The molecule has 0 aromatic heterocycles. The van der Waals surface area contributed by atoms with Gasteiger partial charge in [-0.3, -0.25) is 0 Å². The van der Waals surface area contributed by atoms with Crippen LogP contribution in [0.5, 0.6) is 0 Å². The standard InChI is InChI=1S/C13H19Br2NO2S/c1-9(13(2,3)4)8-16-19(17,18)12-7-10(14)5-6-11(12)15/h5-7,9,16H,8H2,1-4H3. The first-order valence-electron chi connectivity index (χ1n) is 5.99. The lowest BCUT2D eigenvalue weighted by Crippen LogP contribution is -2.33. The maximum atomic E-state index is 12.3. The fourth-order valence-corrected chi connectivity index (χ4v) is 3.93. The molecule has 3 nitrogen and oxygen atoms in total. The Bertz CT molecular complexity index is 550. The third-order valence-electron chi connectivity index (χ3n) is 3.24. The predicted molar refractivity (Wildman–Crippen MR) is 85.6 cm³/mol. The van der Waals surface area contributed by atoms with Crippen LogP contribution in [-0.4, -0.2) is 15.0 Å². The Balaban J connectivity index is 2.91. The highest BCUT2D eigenvalue weighted by atomic mass is 79.9. The quantitative estimate of drug-likeness (QED) is 0.806. The highest BCUT2D eigenvalue weighted by Crippen LogP contribution is 2.27. The Morgan fingerprint density at radius 2 is 1.84 bits per heavy atom. The first kappa shape index (κ1) is 17.1. The van der Waals surface area contributed by atoms with Crippen molar-refractivity contribution in [3.05, 3.63) is 27.1 Å². The number of halogens is 2. The van der Waals surface area contributed by atoms with Gasteiger partial charge in [0.2, 0.25) is 10.0 Å². The van der Waals surface area contributed by atoms with Crippen LogP contribution in [-0.2, 0) is 10.0 Å². The lowest BCUT2D eigenvalue weighted by Gasteiger charge is -2.27. The minimum atomic E-state index is -3.50. The Morgan fingerprint density at radius 1 is 1.26 bits per heavy atom. The predicted octanol–water partition coefficient (Wildman–Crippen LogP) is 4.17. The summed E-state index contributed by atoms with van der Waals surface area (Å²) in [5.74, 6) is 0.244. The summed E-state index contributed by atoms with van der Waals surface area (Å²) in [6.07, 6.45) is 0. The second kappa shape index (κ2) is 6.24. The molecule has 0 aliphatic carbocycles. The zero-order chi connectivity index (χ0) is 14.8. The summed E-state index contributed by atoms with van der Waals surface area (Å²) in [5.41, 5.74) is 0.0665. The molecule has 108 valence electrons. The molecule has 0 aliphatic rings. The van der Waals surface area contributed by atoms with E-state index in [4.69, 9.17) is 0 Å². The van der Waals surface area contributed by atoms with Gasteiger partial charge in [-0.15, -0.1) is 0 Å². The van der Waals surface area contributed by atoms with Gasteiger partial charge >= 0.3 is 0 Å². The molecule has 0 saturated carbocycles. The molecule has 0 fully saturated rings. The van der Waals surface area contributed by atoms with Gasteiger partial charge in [-0.2, -0.15) is 0 Å². The van der Waals surface area contributed by atoms with E-state index < -0.39 is 10.0 Å². The zero-order valence-electron chi connectivity index (χ0n) is 11.5. The lowest BCUT2D eigenvalue weighted by atomic mass is 9.82. The van der Waals surface area contributed by atoms with Crippen LogP contribution in [0.1, 0.15) is 27.7 Å². The normalized spacial score (nSPS) is 14.4. The molecule has 0 radical (unpaired) electrons. The average Bonchev–Trinajstić information content (AvgIpc) is 2.28. The average molecular weight is 413 g/mol. The van der Waals surface area contributed by atoms with Gasteiger partial charge in [0.1, 0.15) is 0 Å². The van der Waals surface area contributed by atoms with Crippen LogP contribution in [0.25, 0.3) is 0 Å². The third-order valence-corrected chi connectivity index (χ3v) is 6.15. The van der Waals surface area contributed by atoms with Crippen molar-refractivity contribution in [1.82, 2.24) is 4.72 Å². The molecule has 1 aromatic rings. The van der Waals surface area contributed by atoms with Gasteiger partial charge in [0, 0.05) is 15.5 Å². The summed E-state index contributed by atoms with van der Waals surface area (Å²) in [7, 11) is -3.50. The van der Waals surface area contributed by atoms with Crippen molar-refractivity contribution >= 4 is 41.9 Å². The van der Waals surface area contributed by atoms with E-state index in [2.05, 4.69) is 57.4 Å². The largest absolute Gasteiger partial charge is 0.241 e. The minimum Gasteiger partial charge on any atom is -0.211 e. The van der Waals surface area contributed by atoms with E-state index in [-0.39, 0.29) is 16.2 Å². The van der Waals surface area contributed by atoms with E-state index in [9.17, 15) is 8.42 Å². The second-order valence-electron chi connectivity index (χ2n) is 5.69. The van der Waals surface area contributed by atoms with Crippen LogP contribution in [0.3, 0.4) is 0 Å². The highest BCUT2D eigenvalue weighted by molar-refractivity contribution is 9.11. The van der Waals surface area contributed by atoms with E-state index in [0.717, 1.165) is 4.47 Å². The topological polar surface area (TPSA) is 46.2 Å². The summed E-state index contributed by atoms with van der Waals surface area (Å²) in [6, 6.07) is 5.10. The molecule has 0 bridgehead atoms. The van der Waals surface area contributed by atoms with Crippen molar-refractivity contribution in [3.63, 3.8) is 0 Å². The maximum absolute atomic E-state index is 12.3. The van der Waals surface area contributed by atoms with Crippen LogP contribution < -0.4 is 4.72 Å². The Hall–Kier alpha value is 0.0900. The SMILES string of the molecule is CC(CNS(=O)(=O)c1cc(Br)ccc1Br)C(C)(C)C. The molecule has 0 heterocycles. The van der Waals surface area contributed by atoms with E-state index in [1.165, 1.54) is 0 Å². The van der Waals surface area contributed by atoms with Gasteiger partial charge in [0.15, 0.2) is 0 Å². The van der Waals surface area contributed by atoms with E-state index in [1.54, 1.807) is 18.2 Å². The molecule has 0 saturated heterocycles. The van der Waals surface area contributed by atoms with E-state index in [1.807, 2.05) is 6.92 Å². The number of benzene rings is 1. The van der Waals surface area contributed by atoms with Crippen LogP contribution in [0, 0.1) is 11.3 Å². The number of hydrogen-bond acceptors (Lipinski definition) is 2. The first-order chi connectivity index (χ1) is 8.54. The number of hydrogen-bond donors (Lipinski definition) is 1. The van der Waals surface area contributed by atoms with Crippen molar-refractivity contribution in [3.8, 4) is 0 Å². The molecule has 6 heteroatoms. The summed E-state index contributed by atoms with van der Waals surface area (Å²) >= 11 is 6.56. The van der Waals surface area contributed by atoms with Gasteiger partial charge in [0.05, 0.1) is 4.90 Å². The summed E-state index contributed by atoms with van der Waals surface area (Å²) in [6.45, 7) is 8.76. The molecule has 1 atom stereocenters. The number of rotatable bonds is 4. The van der Waals surface area contributed by atoms with Crippen molar-refractivity contribution in [2.45, 2.75) is 32.6 Å². The molecule has 0 spiro atoms. The summed E-state index contributed by atoms with van der Waals surface area (Å²) in [5, 5.41) is 0. The van der Waals surface area contributed by atoms with Gasteiger partial charge in [-0.25, -0.2) is 13.1 Å². The van der Waals surface area contributed by atoms with Crippen LogP contribution in [0.15, 0.2) is 32.0 Å². The monoisotopic (exact) mass is 411 g/mol. The number of nitrogens with one attached hydrogen (secondary N) is 1. The van der Waals surface area contributed by atoms with Gasteiger partial charge in [-0.1, -0.05) is 43.6 Å². The fourth-order valence-electron chi connectivity index (χ4n) is 1.30. The Morgan fingerprint density at radius 3 is 2.37 bits per heavy atom. The molecule has 1 unspecified atom stereocenters. The lowest BCUT2D eigenvalue weighted by molar-refractivity contribution is 0.263. The third kappa shape index (κ3) is 4.85. The van der Waals surface area contributed by atoms with Crippen molar-refractivity contribution < 1.29 is 8.42 Å². The molecule has 0 amide bonds. The molecule has 1 aromatic carbocycles. The van der Waals surface area contributed by atoms with E-state index in [0.29, 0.717) is 11.0 Å². The summed E-state index contributed by atoms with van der Waals surface area (Å²) in [4.78, 5) is 0.253. The van der Waals surface area contributed by atoms with Gasteiger partial charge in [0.25, 0.3) is 0 Å². The second-order valence-corrected chi connectivity index (χ2v) is 9.20. The zero-order valence-corrected chi connectivity index (χ0v) is 15.5. The maximum Gasteiger partial charge on any atom is 0.241 e. The Kier molecular flexibility index (Phi) is 5.63. The van der Waals surface area contributed by atoms with Crippen molar-refractivity contribution in [2.75, 3.05) is 6.54 Å². The fraction of sp³-hybridized carbons (Fsp3) is 0.538. The van der Waals surface area contributed by atoms with E-state index >= 15 is 0 Å². The molecule has 19 heavy (non-hydrogen) atoms. The van der Waals surface area contributed by atoms with Gasteiger partial charge < -0.3 is 0 Å². The van der Waals surface area contributed by atoms with Crippen LogP contribution in [0.2, 0.25) is 0 Å². The number of sulfonamides is 1. The van der Waals surface area contributed by atoms with Gasteiger partial charge in [-0.05, 0) is 45.5 Å². The molecule has 1 N–H and O–H groups in total. The minimum absolute atomic E-state index is 0.0665. The van der Waals surface area contributed by atoms with Crippen LogP contribution in [0.4, 0.5) is 0 Å². The molecule has 0 aliphatic heterocycles. The summed E-state index contributed by atoms with van der Waals surface area (Å²) < 4.78 is 28.5. The molecular formula is C13H19Br2NO2S.